The lowest BCUT2D eigenvalue weighted by molar-refractivity contribution is -0.141. The largest absolute Gasteiger partial charge is 0.435 e. The van der Waals surface area contributed by atoms with E-state index >= 15 is 0 Å². The summed E-state index contributed by atoms with van der Waals surface area (Å²) in [6, 6.07) is 12.1. The Kier molecular flexibility index (Phi) is 5.43. The van der Waals surface area contributed by atoms with Crippen LogP contribution in [0.25, 0.3) is 5.69 Å². The molecule has 0 atom stereocenters. The normalized spacial score (nSPS) is 11.4. The van der Waals surface area contributed by atoms with Crippen LogP contribution in [0.5, 0.6) is 0 Å². The highest BCUT2D eigenvalue weighted by Crippen LogP contribution is 2.28. The lowest BCUT2D eigenvalue weighted by atomic mass is 10.2. The van der Waals surface area contributed by atoms with E-state index in [0.717, 1.165) is 16.3 Å². The van der Waals surface area contributed by atoms with Gasteiger partial charge in [-0.3, -0.25) is 4.79 Å². The van der Waals surface area contributed by atoms with Gasteiger partial charge in [0.05, 0.1) is 16.3 Å². The fraction of sp³-hybridized carbons (Fsp3) is 0.111. The molecule has 1 N–H and O–H groups in total. The number of rotatable bonds is 4. The maximum Gasteiger partial charge on any atom is 0.435 e. The van der Waals surface area contributed by atoms with Crippen molar-refractivity contribution < 1.29 is 18.0 Å². The van der Waals surface area contributed by atoms with Gasteiger partial charge in [-0.2, -0.15) is 18.3 Å². The number of halogens is 5. The van der Waals surface area contributed by atoms with Crippen molar-refractivity contribution in [2.45, 2.75) is 12.7 Å². The van der Waals surface area contributed by atoms with Gasteiger partial charge in [-0.25, -0.2) is 4.68 Å². The topological polar surface area (TPSA) is 46.9 Å². The number of hydrogen-bond donors (Lipinski definition) is 1. The average molecular weight is 414 g/mol. The van der Waals surface area contributed by atoms with E-state index in [1.54, 1.807) is 30.3 Å². The summed E-state index contributed by atoms with van der Waals surface area (Å²) in [5.74, 6) is -0.381. The molecule has 1 aromatic heterocycles. The molecule has 0 aliphatic carbocycles. The number of alkyl halides is 3. The van der Waals surface area contributed by atoms with Gasteiger partial charge in [0, 0.05) is 17.8 Å². The summed E-state index contributed by atoms with van der Waals surface area (Å²) in [5.41, 5.74) is 0.529. The Balaban J connectivity index is 1.66. The van der Waals surface area contributed by atoms with Crippen LogP contribution in [0, 0.1) is 0 Å². The molecule has 2 aromatic carbocycles. The minimum Gasteiger partial charge on any atom is -0.348 e. The first-order valence-corrected chi connectivity index (χ1v) is 8.45. The van der Waals surface area contributed by atoms with Crippen LogP contribution in [0.2, 0.25) is 10.0 Å². The van der Waals surface area contributed by atoms with Gasteiger partial charge < -0.3 is 5.32 Å². The first kappa shape index (κ1) is 19.3. The number of hydrogen-bond acceptors (Lipinski definition) is 2. The molecule has 0 fully saturated rings. The second kappa shape index (κ2) is 7.62. The third-order valence-electron chi connectivity index (χ3n) is 3.71. The monoisotopic (exact) mass is 413 g/mol. The van der Waals surface area contributed by atoms with Crippen LogP contribution in [-0.2, 0) is 12.7 Å². The summed E-state index contributed by atoms with van der Waals surface area (Å²) in [6.45, 7) is 0.217. The van der Waals surface area contributed by atoms with E-state index in [9.17, 15) is 18.0 Å². The summed E-state index contributed by atoms with van der Waals surface area (Å²) in [5, 5.41) is 6.90. The van der Waals surface area contributed by atoms with E-state index in [1.807, 2.05) is 0 Å². The van der Waals surface area contributed by atoms with E-state index < -0.39 is 11.9 Å². The average Bonchev–Trinajstić information content (AvgIpc) is 3.13. The van der Waals surface area contributed by atoms with E-state index in [1.165, 1.54) is 18.3 Å². The van der Waals surface area contributed by atoms with Crippen molar-refractivity contribution >= 4 is 29.1 Å². The number of benzene rings is 2. The second-order valence-electron chi connectivity index (χ2n) is 5.62. The Hall–Kier alpha value is -2.51. The van der Waals surface area contributed by atoms with Crippen LogP contribution >= 0.6 is 23.2 Å². The third kappa shape index (κ3) is 4.61. The second-order valence-corrected chi connectivity index (χ2v) is 6.46. The van der Waals surface area contributed by atoms with Crippen LogP contribution < -0.4 is 5.32 Å². The minimum atomic E-state index is -4.49. The van der Waals surface area contributed by atoms with Gasteiger partial charge in [0.25, 0.3) is 5.91 Å². The van der Waals surface area contributed by atoms with Gasteiger partial charge in [0.1, 0.15) is 0 Å². The predicted molar refractivity (Wildman–Crippen MR) is 96.2 cm³/mol. The fourth-order valence-electron chi connectivity index (χ4n) is 2.33. The number of carbonyl (C=O) groups is 1. The van der Waals surface area contributed by atoms with Crippen molar-refractivity contribution in [2.24, 2.45) is 0 Å². The molecular formula is C18H12Cl2F3N3O. The number of nitrogens with zero attached hydrogens (tertiary/aromatic N) is 2. The van der Waals surface area contributed by atoms with E-state index in [0.29, 0.717) is 10.7 Å². The molecule has 0 saturated heterocycles. The smallest absolute Gasteiger partial charge is 0.348 e. The molecule has 140 valence electrons. The van der Waals surface area contributed by atoms with Crippen LogP contribution in [0.15, 0.2) is 54.7 Å². The van der Waals surface area contributed by atoms with E-state index in [4.69, 9.17) is 23.2 Å². The van der Waals surface area contributed by atoms with E-state index in [-0.39, 0.29) is 23.0 Å². The zero-order valence-electron chi connectivity index (χ0n) is 13.6. The maximum atomic E-state index is 12.6. The summed E-state index contributed by atoms with van der Waals surface area (Å²) in [6.07, 6.45) is -3.25. The molecule has 3 rings (SSSR count). The fourth-order valence-corrected chi connectivity index (χ4v) is 2.71. The molecular weight excluding hydrogens is 402 g/mol. The Morgan fingerprint density at radius 1 is 1.07 bits per heavy atom. The van der Waals surface area contributed by atoms with Crippen molar-refractivity contribution in [3.8, 4) is 5.69 Å². The van der Waals surface area contributed by atoms with Gasteiger partial charge in [0.2, 0.25) is 0 Å². The number of amides is 1. The Labute approximate surface area is 162 Å². The third-order valence-corrected chi connectivity index (χ3v) is 4.27. The molecule has 0 bridgehead atoms. The molecule has 0 aliphatic rings. The standard InChI is InChI=1S/C18H12Cl2F3N3O/c19-12-3-6-15(20)14(9-12)17(27)24-10-11-1-4-13(5-2-11)26-8-7-16(25-26)18(21,22)23/h1-9H,10H2,(H,24,27). The highest BCUT2D eigenvalue weighted by molar-refractivity contribution is 6.35. The predicted octanol–water partition coefficient (Wildman–Crippen LogP) is 5.13. The van der Waals surface area contributed by atoms with Gasteiger partial charge in [0.15, 0.2) is 5.69 Å². The zero-order chi connectivity index (χ0) is 19.6. The summed E-state index contributed by atoms with van der Waals surface area (Å²) in [7, 11) is 0. The quantitative estimate of drug-likeness (QED) is 0.644. The van der Waals surface area contributed by atoms with Gasteiger partial charge >= 0.3 is 6.18 Å². The maximum absolute atomic E-state index is 12.6. The lowest BCUT2D eigenvalue weighted by Gasteiger charge is -2.08. The highest BCUT2D eigenvalue weighted by atomic mass is 35.5. The number of nitrogens with one attached hydrogen (secondary N) is 1. The van der Waals surface area contributed by atoms with Gasteiger partial charge in [-0.15, -0.1) is 0 Å². The summed E-state index contributed by atoms with van der Waals surface area (Å²) in [4.78, 5) is 12.2. The zero-order valence-corrected chi connectivity index (χ0v) is 15.1. The lowest BCUT2D eigenvalue weighted by Crippen LogP contribution is -2.23. The van der Waals surface area contributed by atoms with Crippen molar-refractivity contribution in [3.05, 3.63) is 81.6 Å². The molecule has 0 saturated carbocycles. The Bertz CT molecular complexity index is 969. The van der Waals surface area contributed by atoms with Gasteiger partial charge in [-0.1, -0.05) is 35.3 Å². The van der Waals surface area contributed by atoms with E-state index in [2.05, 4.69) is 10.4 Å². The molecule has 0 aliphatic heterocycles. The van der Waals surface area contributed by atoms with Crippen LogP contribution in [0.1, 0.15) is 21.6 Å². The molecule has 1 amide bonds. The molecule has 27 heavy (non-hydrogen) atoms. The Morgan fingerprint density at radius 2 is 1.78 bits per heavy atom. The van der Waals surface area contributed by atoms with Crippen LogP contribution in [0.3, 0.4) is 0 Å². The molecule has 0 spiro atoms. The summed E-state index contributed by atoms with van der Waals surface area (Å²) < 4.78 is 39.0. The Morgan fingerprint density at radius 3 is 2.41 bits per heavy atom. The van der Waals surface area contributed by atoms with Gasteiger partial charge in [-0.05, 0) is 42.0 Å². The van der Waals surface area contributed by atoms with Crippen molar-refractivity contribution in [1.82, 2.24) is 15.1 Å². The SMILES string of the molecule is O=C(NCc1ccc(-n2ccc(C(F)(F)F)n2)cc1)c1cc(Cl)ccc1Cl. The molecule has 9 heteroatoms. The molecule has 1 heterocycles. The number of aromatic nitrogens is 2. The molecule has 0 radical (unpaired) electrons. The molecule has 0 unspecified atom stereocenters. The minimum absolute atomic E-state index is 0.217. The van der Waals surface area contributed by atoms with Crippen molar-refractivity contribution in [3.63, 3.8) is 0 Å². The molecule has 4 nitrogen and oxygen atoms in total. The van der Waals surface area contributed by atoms with Crippen molar-refractivity contribution in [1.29, 1.82) is 0 Å². The number of carbonyl (C=O) groups excluding carboxylic acids is 1. The van der Waals surface area contributed by atoms with Crippen LogP contribution in [-0.4, -0.2) is 15.7 Å². The van der Waals surface area contributed by atoms with Crippen LogP contribution in [0.4, 0.5) is 13.2 Å². The summed E-state index contributed by atoms with van der Waals surface area (Å²) >= 11 is 11.9. The van der Waals surface area contributed by atoms with Crippen molar-refractivity contribution in [2.75, 3.05) is 0 Å². The molecule has 3 aromatic rings. The first-order chi connectivity index (χ1) is 12.7. The highest BCUT2D eigenvalue weighted by Gasteiger charge is 2.33. The first-order valence-electron chi connectivity index (χ1n) is 7.69.